The SMILES string of the molecule is CCCC(CCC)CC(=O)[O-].CCCC(CCC)CC(=O)[O-].[Ca+2]. The van der Waals surface area contributed by atoms with Crippen LogP contribution < -0.4 is 10.2 Å². The molecule has 0 aromatic carbocycles. The smallest absolute Gasteiger partial charge is 0.550 e. The second-order valence-corrected chi connectivity index (χ2v) is 6.04. The van der Waals surface area contributed by atoms with Gasteiger partial charge in [0.1, 0.15) is 0 Å². The molecule has 0 aromatic heterocycles. The van der Waals surface area contributed by atoms with Crippen molar-refractivity contribution in [2.45, 2.75) is 91.9 Å². The first-order chi connectivity index (χ1) is 10.4. The van der Waals surface area contributed by atoms with Crippen LogP contribution in [-0.2, 0) is 9.59 Å². The minimum absolute atomic E-state index is 0. The molecule has 0 rings (SSSR count). The van der Waals surface area contributed by atoms with Gasteiger partial charge in [0.05, 0.1) is 0 Å². The molecule has 0 unspecified atom stereocenters. The van der Waals surface area contributed by atoms with Gasteiger partial charge in [-0.05, 0) is 24.7 Å². The Bertz CT molecular complexity index is 242. The minimum Gasteiger partial charge on any atom is -0.550 e. The molecule has 0 N–H and O–H groups in total. The van der Waals surface area contributed by atoms with Crippen LogP contribution in [0.1, 0.15) is 91.9 Å². The number of carboxylic acids is 2. The van der Waals surface area contributed by atoms with Gasteiger partial charge in [-0.25, -0.2) is 0 Å². The van der Waals surface area contributed by atoms with Gasteiger partial charge in [-0.3, -0.25) is 0 Å². The Morgan fingerprint density at radius 3 is 1.00 bits per heavy atom. The molecule has 0 radical (unpaired) electrons. The summed E-state index contributed by atoms with van der Waals surface area (Å²) in [6, 6.07) is 0. The van der Waals surface area contributed by atoms with Crippen molar-refractivity contribution in [3.8, 4) is 0 Å². The summed E-state index contributed by atoms with van der Waals surface area (Å²) in [4.78, 5) is 20.5. The van der Waals surface area contributed by atoms with Gasteiger partial charge in [0.2, 0.25) is 0 Å². The number of rotatable bonds is 12. The normalized spacial score (nSPS) is 10.0. The van der Waals surface area contributed by atoms with E-state index in [0.29, 0.717) is 11.8 Å². The molecule has 0 aliphatic rings. The van der Waals surface area contributed by atoms with E-state index < -0.39 is 11.9 Å². The van der Waals surface area contributed by atoms with Crippen molar-refractivity contribution >= 4 is 49.7 Å². The molecule has 0 aromatic rings. The van der Waals surface area contributed by atoms with Crippen molar-refractivity contribution in [1.29, 1.82) is 0 Å². The Balaban J connectivity index is -0.000000333. The summed E-state index contributed by atoms with van der Waals surface area (Å²) in [6.07, 6.45) is 8.81. The van der Waals surface area contributed by atoms with Crippen LogP contribution >= 0.6 is 0 Å². The number of hydrogen-bond donors (Lipinski definition) is 0. The third kappa shape index (κ3) is 22.2. The summed E-state index contributed by atoms with van der Waals surface area (Å²) in [6.45, 7) is 8.33. The van der Waals surface area contributed by atoms with Crippen molar-refractivity contribution in [3.63, 3.8) is 0 Å². The fourth-order valence-corrected chi connectivity index (χ4v) is 2.80. The zero-order chi connectivity index (χ0) is 17.4. The van der Waals surface area contributed by atoms with Crippen LogP contribution in [0, 0.1) is 11.8 Å². The third-order valence-corrected chi connectivity index (χ3v) is 3.70. The standard InChI is InChI=1S/2C9H18O2.Ca/c2*1-3-5-8(6-4-2)7-9(10)11;/h2*8H,3-7H2,1-2H3,(H,10,11);/q;;+2/p-2. The van der Waals surface area contributed by atoms with Gasteiger partial charge in [-0.2, -0.15) is 0 Å². The van der Waals surface area contributed by atoms with E-state index in [4.69, 9.17) is 0 Å². The molecule has 4 nitrogen and oxygen atoms in total. The number of aliphatic carboxylic acids is 2. The van der Waals surface area contributed by atoms with Crippen molar-refractivity contribution in [2.75, 3.05) is 0 Å². The van der Waals surface area contributed by atoms with E-state index in [1.54, 1.807) is 0 Å². The molecule has 0 saturated heterocycles. The number of carbonyl (C=O) groups is 2. The Kier molecular flexibility index (Phi) is 24.7. The Hall–Kier alpha value is 0.200. The van der Waals surface area contributed by atoms with Crippen LogP contribution in [0.5, 0.6) is 0 Å². The van der Waals surface area contributed by atoms with Crippen LogP contribution in [0.25, 0.3) is 0 Å². The molecule has 5 heteroatoms. The first kappa shape index (κ1) is 28.0. The summed E-state index contributed by atoms with van der Waals surface area (Å²) < 4.78 is 0. The van der Waals surface area contributed by atoms with Gasteiger partial charge in [0, 0.05) is 11.9 Å². The predicted octanol–water partition coefficient (Wildman–Crippen LogP) is 2.30. The van der Waals surface area contributed by atoms with Crippen LogP contribution in [0.15, 0.2) is 0 Å². The minimum atomic E-state index is -0.906. The predicted molar refractivity (Wildman–Crippen MR) is 91.6 cm³/mol. The average Bonchev–Trinajstić information content (AvgIpc) is 2.39. The number of carbonyl (C=O) groups excluding carboxylic acids is 2. The summed E-state index contributed by atoms with van der Waals surface area (Å²) in [7, 11) is 0. The largest absolute Gasteiger partial charge is 2.00 e. The Labute approximate surface area is 172 Å². The van der Waals surface area contributed by atoms with Crippen LogP contribution in [0.4, 0.5) is 0 Å². The molecule has 0 aliphatic carbocycles. The van der Waals surface area contributed by atoms with Crippen molar-refractivity contribution in [3.05, 3.63) is 0 Å². The van der Waals surface area contributed by atoms with Crippen LogP contribution in [-0.4, -0.2) is 49.7 Å². The maximum absolute atomic E-state index is 10.2. The second kappa shape index (κ2) is 20.2. The van der Waals surface area contributed by atoms with Gasteiger partial charge in [-0.1, -0.05) is 79.1 Å². The zero-order valence-corrected chi connectivity index (χ0v) is 17.8. The Morgan fingerprint density at radius 2 is 0.870 bits per heavy atom. The van der Waals surface area contributed by atoms with Gasteiger partial charge < -0.3 is 19.8 Å². The summed E-state index contributed by atoms with van der Waals surface area (Å²) in [5.41, 5.74) is 0. The molecular formula is C18H34CaO4. The van der Waals surface area contributed by atoms with Crippen molar-refractivity contribution in [2.24, 2.45) is 11.8 Å². The Morgan fingerprint density at radius 1 is 0.652 bits per heavy atom. The topological polar surface area (TPSA) is 80.3 Å². The van der Waals surface area contributed by atoms with E-state index in [2.05, 4.69) is 27.7 Å². The van der Waals surface area contributed by atoms with E-state index in [0.717, 1.165) is 51.4 Å². The maximum Gasteiger partial charge on any atom is 2.00 e. The number of hydrogen-bond acceptors (Lipinski definition) is 4. The van der Waals surface area contributed by atoms with E-state index in [1.165, 1.54) is 0 Å². The molecule has 0 saturated carbocycles. The fraction of sp³-hybridized carbons (Fsp3) is 0.889. The van der Waals surface area contributed by atoms with Crippen molar-refractivity contribution < 1.29 is 19.8 Å². The quantitative estimate of drug-likeness (QED) is 0.504. The molecule has 0 fully saturated rings. The zero-order valence-electron chi connectivity index (χ0n) is 15.6. The monoisotopic (exact) mass is 354 g/mol. The molecule has 0 heterocycles. The molecule has 132 valence electrons. The number of carboxylic acid groups (broad SMARTS) is 2. The summed E-state index contributed by atoms with van der Waals surface area (Å²) in [5.74, 6) is -1.13. The maximum atomic E-state index is 10.2. The molecule has 0 bridgehead atoms. The first-order valence-corrected chi connectivity index (χ1v) is 8.80. The van der Waals surface area contributed by atoms with E-state index >= 15 is 0 Å². The van der Waals surface area contributed by atoms with Crippen LogP contribution in [0.3, 0.4) is 0 Å². The van der Waals surface area contributed by atoms with E-state index in [1.807, 2.05) is 0 Å². The summed E-state index contributed by atoms with van der Waals surface area (Å²) >= 11 is 0. The van der Waals surface area contributed by atoms with Gasteiger partial charge in [0.15, 0.2) is 0 Å². The molecule has 0 amide bonds. The molecular weight excluding hydrogens is 320 g/mol. The van der Waals surface area contributed by atoms with Crippen LogP contribution in [0.2, 0.25) is 0 Å². The van der Waals surface area contributed by atoms with E-state index in [9.17, 15) is 19.8 Å². The van der Waals surface area contributed by atoms with Gasteiger partial charge >= 0.3 is 37.7 Å². The molecule has 0 aliphatic heterocycles. The first-order valence-electron chi connectivity index (χ1n) is 8.80. The van der Waals surface area contributed by atoms with E-state index in [-0.39, 0.29) is 50.6 Å². The van der Waals surface area contributed by atoms with Gasteiger partial charge in [-0.15, -0.1) is 0 Å². The van der Waals surface area contributed by atoms with Gasteiger partial charge in [0.25, 0.3) is 0 Å². The molecule has 23 heavy (non-hydrogen) atoms. The second-order valence-electron chi connectivity index (χ2n) is 6.04. The fourth-order valence-electron chi connectivity index (χ4n) is 2.80. The summed E-state index contributed by atoms with van der Waals surface area (Å²) in [5, 5.41) is 20.5. The third-order valence-electron chi connectivity index (χ3n) is 3.70. The average molecular weight is 355 g/mol. The molecule has 0 atom stereocenters. The van der Waals surface area contributed by atoms with Crippen molar-refractivity contribution in [1.82, 2.24) is 0 Å². The molecule has 0 spiro atoms.